The van der Waals surface area contributed by atoms with Crippen LogP contribution in [0, 0.1) is 12.8 Å². The fourth-order valence-electron chi connectivity index (χ4n) is 3.09. The molecule has 0 saturated heterocycles. The number of hydrogen-bond acceptors (Lipinski definition) is 4. The molecule has 0 saturated carbocycles. The van der Waals surface area contributed by atoms with Crippen LogP contribution in [0.25, 0.3) is 0 Å². The Hall–Kier alpha value is -2.53. The van der Waals surface area contributed by atoms with E-state index >= 15 is 0 Å². The predicted molar refractivity (Wildman–Crippen MR) is 108 cm³/mol. The van der Waals surface area contributed by atoms with E-state index in [4.69, 9.17) is 9.47 Å². The lowest BCUT2D eigenvalue weighted by molar-refractivity contribution is -0.125. The van der Waals surface area contributed by atoms with Gasteiger partial charge < -0.3 is 20.1 Å². The van der Waals surface area contributed by atoms with Crippen LogP contribution in [0.5, 0.6) is 11.5 Å². The zero-order chi connectivity index (χ0) is 19.8. The molecule has 0 aromatic heterocycles. The number of carbonyl (C=O) groups is 1. The summed E-state index contributed by atoms with van der Waals surface area (Å²) in [7, 11) is 5.08. The molecule has 0 heterocycles. The second kappa shape index (κ2) is 9.97. The highest BCUT2D eigenvalue weighted by molar-refractivity contribution is 5.79. The molecule has 0 bridgehead atoms. The highest BCUT2D eigenvalue weighted by Gasteiger charge is 2.21. The summed E-state index contributed by atoms with van der Waals surface area (Å²) < 4.78 is 10.8. The summed E-state index contributed by atoms with van der Waals surface area (Å²) in [5.74, 6) is 1.24. The first-order valence-corrected chi connectivity index (χ1v) is 9.21. The normalized spacial score (nSPS) is 12.9. The molecule has 5 heteroatoms. The van der Waals surface area contributed by atoms with Crippen molar-refractivity contribution in [3.63, 3.8) is 0 Å². The number of carbonyl (C=O) groups excluding carboxylic acids is 1. The highest BCUT2D eigenvalue weighted by Crippen LogP contribution is 2.31. The molecular formula is C22H30N2O3. The van der Waals surface area contributed by atoms with Gasteiger partial charge in [0.25, 0.3) is 0 Å². The van der Waals surface area contributed by atoms with Gasteiger partial charge in [-0.2, -0.15) is 0 Å². The second-order valence-corrected chi connectivity index (χ2v) is 6.76. The minimum absolute atomic E-state index is 0.0257. The molecule has 2 N–H and O–H groups in total. The first kappa shape index (κ1) is 20.8. The quantitative estimate of drug-likeness (QED) is 0.711. The van der Waals surface area contributed by atoms with Crippen molar-refractivity contribution in [2.45, 2.75) is 26.3 Å². The number of nitrogens with one attached hydrogen (secondary N) is 2. The lowest BCUT2D eigenvalue weighted by Crippen LogP contribution is -2.37. The molecule has 0 aliphatic heterocycles. The smallest absolute Gasteiger partial charge is 0.224 e. The molecule has 27 heavy (non-hydrogen) atoms. The molecule has 2 atom stereocenters. The Morgan fingerprint density at radius 1 is 1.07 bits per heavy atom. The zero-order valence-electron chi connectivity index (χ0n) is 16.8. The summed E-state index contributed by atoms with van der Waals surface area (Å²) in [6.45, 7) is 4.65. The maximum atomic E-state index is 12.7. The predicted octanol–water partition coefficient (Wildman–Crippen LogP) is 3.27. The third-order valence-electron chi connectivity index (χ3n) is 4.77. The van der Waals surface area contributed by atoms with Gasteiger partial charge in [0, 0.05) is 12.5 Å². The van der Waals surface area contributed by atoms with Crippen molar-refractivity contribution in [2.75, 3.05) is 27.8 Å². The van der Waals surface area contributed by atoms with E-state index in [1.54, 1.807) is 14.2 Å². The highest BCUT2D eigenvalue weighted by atomic mass is 16.5. The van der Waals surface area contributed by atoms with Gasteiger partial charge in [-0.05, 0) is 49.2 Å². The van der Waals surface area contributed by atoms with Gasteiger partial charge in [-0.3, -0.25) is 4.79 Å². The van der Waals surface area contributed by atoms with Crippen LogP contribution in [-0.2, 0) is 11.2 Å². The fraction of sp³-hybridized carbons (Fsp3) is 0.409. The number of hydrogen-bond donors (Lipinski definition) is 2. The van der Waals surface area contributed by atoms with E-state index < -0.39 is 0 Å². The number of amides is 1. The summed E-state index contributed by atoms with van der Waals surface area (Å²) in [6.07, 6.45) is 0.709. The SMILES string of the molecule is CNCC(C)C(=O)NC(Cc1ccccc1C)c1ccc(OC)c(OC)c1. The van der Waals surface area contributed by atoms with Crippen molar-refractivity contribution in [3.8, 4) is 11.5 Å². The Kier molecular flexibility index (Phi) is 7.67. The van der Waals surface area contributed by atoms with Crippen molar-refractivity contribution < 1.29 is 14.3 Å². The lowest BCUT2D eigenvalue weighted by atomic mass is 9.95. The second-order valence-electron chi connectivity index (χ2n) is 6.76. The Morgan fingerprint density at radius 3 is 2.41 bits per heavy atom. The number of aryl methyl sites for hydroxylation is 1. The molecular weight excluding hydrogens is 340 g/mol. The monoisotopic (exact) mass is 370 g/mol. The van der Waals surface area contributed by atoms with Gasteiger partial charge in [0.1, 0.15) is 0 Å². The number of benzene rings is 2. The van der Waals surface area contributed by atoms with Gasteiger partial charge in [-0.25, -0.2) is 0 Å². The zero-order valence-corrected chi connectivity index (χ0v) is 16.8. The Balaban J connectivity index is 2.34. The van der Waals surface area contributed by atoms with Crippen LogP contribution in [0.4, 0.5) is 0 Å². The average molecular weight is 370 g/mol. The van der Waals surface area contributed by atoms with E-state index in [0.717, 1.165) is 5.56 Å². The van der Waals surface area contributed by atoms with Crippen LogP contribution in [-0.4, -0.2) is 33.7 Å². The van der Waals surface area contributed by atoms with Crippen LogP contribution in [0.3, 0.4) is 0 Å². The number of methoxy groups -OCH3 is 2. The molecule has 5 nitrogen and oxygen atoms in total. The van der Waals surface area contributed by atoms with Gasteiger partial charge >= 0.3 is 0 Å². The standard InChI is InChI=1S/C22H30N2O3/c1-15-8-6-7-9-17(15)12-19(24-22(25)16(2)14-23-3)18-10-11-20(26-4)21(13-18)27-5/h6-11,13,16,19,23H,12,14H2,1-5H3,(H,24,25). The summed E-state index contributed by atoms with van der Waals surface area (Å²) in [4.78, 5) is 12.7. The van der Waals surface area contributed by atoms with Gasteiger partial charge in [0.05, 0.1) is 20.3 Å². The van der Waals surface area contributed by atoms with Gasteiger partial charge in [0.2, 0.25) is 5.91 Å². The molecule has 2 rings (SSSR count). The van der Waals surface area contributed by atoms with Crippen molar-refractivity contribution in [3.05, 3.63) is 59.2 Å². The molecule has 2 aromatic carbocycles. The fourth-order valence-corrected chi connectivity index (χ4v) is 3.09. The van der Waals surface area contributed by atoms with Gasteiger partial charge in [-0.1, -0.05) is 37.3 Å². The number of ether oxygens (including phenoxy) is 2. The number of rotatable bonds is 9. The van der Waals surface area contributed by atoms with Crippen LogP contribution in [0.2, 0.25) is 0 Å². The minimum Gasteiger partial charge on any atom is -0.493 e. The van der Waals surface area contributed by atoms with E-state index in [0.29, 0.717) is 24.5 Å². The first-order valence-electron chi connectivity index (χ1n) is 9.21. The van der Waals surface area contributed by atoms with E-state index in [-0.39, 0.29) is 17.9 Å². The average Bonchev–Trinajstić information content (AvgIpc) is 2.68. The van der Waals surface area contributed by atoms with Gasteiger partial charge in [0.15, 0.2) is 11.5 Å². The van der Waals surface area contributed by atoms with Gasteiger partial charge in [-0.15, -0.1) is 0 Å². The Morgan fingerprint density at radius 2 is 1.78 bits per heavy atom. The molecule has 2 aromatic rings. The summed E-state index contributed by atoms with van der Waals surface area (Å²) in [5.41, 5.74) is 3.40. The molecule has 0 radical (unpaired) electrons. The largest absolute Gasteiger partial charge is 0.493 e. The Bertz CT molecular complexity index is 761. The third kappa shape index (κ3) is 5.47. The van der Waals surface area contributed by atoms with E-state index in [1.165, 1.54) is 11.1 Å². The summed E-state index contributed by atoms with van der Waals surface area (Å²) in [6, 6.07) is 13.9. The molecule has 2 unspecified atom stereocenters. The van der Waals surface area contributed by atoms with E-state index in [2.05, 4.69) is 29.7 Å². The van der Waals surface area contributed by atoms with Crippen molar-refractivity contribution >= 4 is 5.91 Å². The Labute approximate surface area is 162 Å². The van der Waals surface area contributed by atoms with E-state index in [9.17, 15) is 4.79 Å². The molecule has 146 valence electrons. The molecule has 0 aliphatic rings. The van der Waals surface area contributed by atoms with E-state index in [1.807, 2.05) is 44.3 Å². The first-order chi connectivity index (χ1) is 13.0. The van der Waals surface area contributed by atoms with Crippen LogP contribution in [0.1, 0.15) is 29.7 Å². The lowest BCUT2D eigenvalue weighted by Gasteiger charge is -2.23. The van der Waals surface area contributed by atoms with Crippen molar-refractivity contribution in [1.29, 1.82) is 0 Å². The maximum absolute atomic E-state index is 12.7. The summed E-state index contributed by atoms with van der Waals surface area (Å²) in [5, 5.41) is 6.26. The molecule has 0 fully saturated rings. The van der Waals surface area contributed by atoms with Crippen molar-refractivity contribution in [2.24, 2.45) is 5.92 Å². The third-order valence-corrected chi connectivity index (χ3v) is 4.77. The topological polar surface area (TPSA) is 59.6 Å². The molecule has 1 amide bonds. The van der Waals surface area contributed by atoms with Crippen LogP contribution >= 0.6 is 0 Å². The minimum atomic E-state index is -0.155. The van der Waals surface area contributed by atoms with Crippen LogP contribution < -0.4 is 20.1 Å². The van der Waals surface area contributed by atoms with Crippen LogP contribution in [0.15, 0.2) is 42.5 Å². The maximum Gasteiger partial charge on any atom is 0.224 e. The molecule has 0 spiro atoms. The van der Waals surface area contributed by atoms with Crippen molar-refractivity contribution in [1.82, 2.24) is 10.6 Å². The molecule has 0 aliphatic carbocycles. The summed E-state index contributed by atoms with van der Waals surface area (Å²) >= 11 is 0.